The molecule has 5 nitrogen and oxygen atoms in total. The maximum Gasteiger partial charge on any atom is 0.451 e. The molecule has 148 valence electrons. The Morgan fingerprint density at radius 2 is 1.90 bits per heavy atom. The van der Waals surface area contributed by atoms with Crippen molar-refractivity contribution in [1.29, 1.82) is 0 Å². The molecule has 0 saturated heterocycles. The fourth-order valence-corrected chi connectivity index (χ4v) is 2.68. The lowest BCUT2D eigenvalue weighted by Gasteiger charge is -2.30. The lowest BCUT2D eigenvalue weighted by Crippen LogP contribution is -2.39. The zero-order chi connectivity index (χ0) is 21.7. The Hall–Kier alpha value is -2.42. The van der Waals surface area contributed by atoms with Gasteiger partial charge in [0.05, 0.1) is 15.7 Å². The van der Waals surface area contributed by atoms with E-state index in [0.717, 1.165) is 6.20 Å². The molecule has 2 N–H and O–H groups in total. The lowest BCUT2D eigenvalue weighted by molar-refractivity contribution is -0.144. The van der Waals surface area contributed by atoms with Gasteiger partial charge in [-0.05, 0) is 29.5 Å². The van der Waals surface area contributed by atoms with Crippen LogP contribution in [0.3, 0.4) is 0 Å². The van der Waals surface area contributed by atoms with Crippen molar-refractivity contribution in [3.63, 3.8) is 0 Å². The van der Waals surface area contributed by atoms with Gasteiger partial charge in [-0.3, -0.25) is 4.79 Å². The number of hydrogen-bond donors (Lipinski definition) is 2. The van der Waals surface area contributed by atoms with Gasteiger partial charge in [-0.15, -0.1) is 11.8 Å². The second kappa shape index (κ2) is 9.39. The second-order valence-corrected chi connectivity index (χ2v) is 6.88. The molecule has 4 radical (unpaired) electrons. The molecule has 0 aliphatic heterocycles. The van der Waals surface area contributed by atoms with Crippen LogP contribution in [0, 0.1) is 0 Å². The molecule has 0 aliphatic carbocycles. The summed E-state index contributed by atoms with van der Waals surface area (Å²) < 4.78 is 39.2. The summed E-state index contributed by atoms with van der Waals surface area (Å²) in [5, 5.41) is 5.16. The lowest BCUT2D eigenvalue weighted by atomic mass is 9.58. The third-order valence-electron chi connectivity index (χ3n) is 3.73. The summed E-state index contributed by atoms with van der Waals surface area (Å²) in [6.45, 7) is 1.71. The van der Waals surface area contributed by atoms with Gasteiger partial charge in [-0.1, -0.05) is 36.4 Å². The van der Waals surface area contributed by atoms with Crippen molar-refractivity contribution < 1.29 is 18.0 Å². The van der Waals surface area contributed by atoms with Gasteiger partial charge < -0.3 is 10.6 Å². The van der Waals surface area contributed by atoms with Gasteiger partial charge in [0.1, 0.15) is 11.4 Å². The summed E-state index contributed by atoms with van der Waals surface area (Å²) in [4.78, 5) is 19.3. The molecular weight excluding hydrogens is 399 g/mol. The summed E-state index contributed by atoms with van der Waals surface area (Å²) in [5.74, 6) is -2.53. The smallest absolute Gasteiger partial charge is 0.377 e. The monoisotopic (exact) mass is 416 g/mol. The third-order valence-corrected chi connectivity index (χ3v) is 4.16. The van der Waals surface area contributed by atoms with Crippen LogP contribution in [0.5, 0.6) is 0 Å². The molecule has 0 aliphatic rings. The Morgan fingerprint density at radius 3 is 2.48 bits per heavy atom. The molecule has 29 heavy (non-hydrogen) atoms. The van der Waals surface area contributed by atoms with Gasteiger partial charge in [0, 0.05) is 12.2 Å². The van der Waals surface area contributed by atoms with Crippen molar-refractivity contribution in [2.75, 3.05) is 11.6 Å². The minimum atomic E-state index is -4.81. The van der Waals surface area contributed by atoms with Crippen molar-refractivity contribution in [3.05, 3.63) is 65.0 Å². The van der Waals surface area contributed by atoms with E-state index >= 15 is 0 Å². The van der Waals surface area contributed by atoms with Gasteiger partial charge >= 0.3 is 6.18 Å². The number of hydrogen-bond acceptors (Lipinski definition) is 5. The number of thioether (sulfide) groups is 1. The van der Waals surface area contributed by atoms with E-state index in [2.05, 4.69) is 20.6 Å². The maximum absolute atomic E-state index is 13.1. The Bertz CT molecular complexity index is 879. The van der Waals surface area contributed by atoms with E-state index < -0.39 is 29.1 Å². The molecule has 0 fully saturated rings. The molecule has 0 saturated carbocycles. The van der Waals surface area contributed by atoms with E-state index in [1.807, 2.05) is 6.26 Å². The normalized spacial score (nSPS) is 13.3. The molecule has 1 unspecified atom stereocenters. The van der Waals surface area contributed by atoms with Gasteiger partial charge in [0.25, 0.3) is 5.91 Å². The molecule has 2 aromatic rings. The summed E-state index contributed by atoms with van der Waals surface area (Å²) >= 11 is 1.44. The number of amides is 1. The van der Waals surface area contributed by atoms with E-state index in [0.29, 0.717) is 5.56 Å². The predicted octanol–water partition coefficient (Wildman–Crippen LogP) is 3.05. The summed E-state index contributed by atoms with van der Waals surface area (Å²) in [6, 6.07) is 7.87. The van der Waals surface area contributed by atoms with Crippen molar-refractivity contribution in [1.82, 2.24) is 15.3 Å². The van der Waals surface area contributed by atoms with Crippen LogP contribution < -0.4 is 10.6 Å². The molecule has 1 heterocycles. The zero-order valence-electron chi connectivity index (χ0n) is 15.7. The highest BCUT2D eigenvalue weighted by atomic mass is 32.2. The number of carbonyl (C=O) groups excluding carboxylic acids is 1. The topological polar surface area (TPSA) is 66.9 Å². The van der Waals surface area contributed by atoms with Crippen molar-refractivity contribution >= 4 is 39.2 Å². The Kier molecular flexibility index (Phi) is 7.40. The Labute approximate surface area is 173 Å². The number of carbonyl (C=O) groups is 1. The van der Waals surface area contributed by atoms with E-state index in [9.17, 15) is 18.0 Å². The average molecular weight is 416 g/mol. The summed E-state index contributed by atoms with van der Waals surface area (Å²) in [7, 11) is 12.1. The SMILES string of the molecule is [B]C([B])(Nc1nc(C(F)(F)F)ncc1C(=O)NC(C)/C=C/SC)c1ccccc1. The number of anilines is 1. The van der Waals surface area contributed by atoms with E-state index in [4.69, 9.17) is 15.7 Å². The number of aromatic nitrogens is 2. The molecule has 2 rings (SSSR count). The number of benzene rings is 1. The molecule has 0 bridgehead atoms. The summed E-state index contributed by atoms with van der Waals surface area (Å²) in [6.07, 6.45) is -0.443. The third kappa shape index (κ3) is 6.28. The zero-order valence-corrected chi connectivity index (χ0v) is 16.5. The van der Waals surface area contributed by atoms with Gasteiger partial charge in [0.15, 0.2) is 0 Å². The standard InChI is InChI=1S/C18H17B2F3N4OS/c1-11(8-9-29-2)25-15(28)13-10-24-16(18(21,22)23)26-14(13)27-17(19,20)12-6-4-3-5-7-12/h3-11H,1-2H3,(H,25,28)(H,24,26,27)/b9-8+. The Balaban J connectivity index is 2.41. The van der Waals surface area contributed by atoms with Crippen LogP contribution in [0.25, 0.3) is 0 Å². The number of rotatable bonds is 7. The maximum atomic E-state index is 13.1. The van der Waals surface area contributed by atoms with Crippen LogP contribution in [0.4, 0.5) is 19.0 Å². The predicted molar refractivity (Wildman–Crippen MR) is 110 cm³/mol. The molecular formula is C18H17B2F3N4OS. The Morgan fingerprint density at radius 1 is 1.24 bits per heavy atom. The molecule has 11 heteroatoms. The molecule has 1 amide bonds. The van der Waals surface area contributed by atoms with Gasteiger partial charge in [-0.2, -0.15) is 13.2 Å². The first kappa shape index (κ1) is 22.9. The molecule has 0 spiro atoms. The van der Waals surface area contributed by atoms with E-state index in [-0.39, 0.29) is 11.6 Å². The number of alkyl halides is 3. The minimum absolute atomic E-state index is 0.224. The van der Waals surface area contributed by atoms with Crippen LogP contribution in [0.1, 0.15) is 28.7 Å². The summed E-state index contributed by atoms with van der Waals surface area (Å²) in [5.41, 5.74) is 0.161. The van der Waals surface area contributed by atoms with Crippen LogP contribution in [0.15, 0.2) is 48.0 Å². The van der Waals surface area contributed by atoms with Gasteiger partial charge in [-0.25, -0.2) is 9.97 Å². The average Bonchev–Trinajstić information content (AvgIpc) is 2.66. The fourth-order valence-electron chi connectivity index (χ4n) is 2.29. The number of halogens is 3. The highest BCUT2D eigenvalue weighted by Gasteiger charge is 2.36. The highest BCUT2D eigenvalue weighted by Crippen LogP contribution is 2.29. The number of nitrogens with one attached hydrogen (secondary N) is 2. The van der Waals surface area contributed by atoms with Crippen molar-refractivity contribution in [3.8, 4) is 0 Å². The molecule has 1 aromatic heterocycles. The molecule has 1 atom stereocenters. The minimum Gasteiger partial charge on any atom is -0.377 e. The van der Waals surface area contributed by atoms with E-state index in [1.165, 1.54) is 11.8 Å². The first-order valence-corrected chi connectivity index (χ1v) is 9.69. The largest absolute Gasteiger partial charge is 0.451 e. The van der Waals surface area contributed by atoms with Crippen molar-refractivity contribution in [2.24, 2.45) is 0 Å². The first-order chi connectivity index (χ1) is 13.5. The fraction of sp³-hybridized carbons (Fsp3) is 0.278. The van der Waals surface area contributed by atoms with Crippen LogP contribution in [-0.4, -0.2) is 43.9 Å². The highest BCUT2D eigenvalue weighted by molar-refractivity contribution is 8.01. The van der Waals surface area contributed by atoms with E-state index in [1.54, 1.807) is 48.7 Å². The first-order valence-electron chi connectivity index (χ1n) is 8.40. The number of nitrogens with zero attached hydrogens (tertiary/aromatic N) is 2. The van der Waals surface area contributed by atoms with Crippen LogP contribution in [-0.2, 0) is 11.5 Å². The van der Waals surface area contributed by atoms with Crippen molar-refractivity contribution in [2.45, 2.75) is 24.5 Å². The quantitative estimate of drug-likeness (QED) is 0.680. The van der Waals surface area contributed by atoms with Crippen LogP contribution >= 0.6 is 11.8 Å². The second-order valence-electron chi connectivity index (χ2n) is 6.14. The molecule has 1 aromatic carbocycles. The van der Waals surface area contributed by atoms with Gasteiger partial charge in [0.2, 0.25) is 5.82 Å². The van der Waals surface area contributed by atoms with Crippen LogP contribution in [0.2, 0.25) is 0 Å².